The fraction of sp³-hybridized carbons (Fsp3) is 0.576. The van der Waals surface area contributed by atoms with Crippen LogP contribution in [0.1, 0.15) is 71.3 Å². The van der Waals surface area contributed by atoms with Gasteiger partial charge in [-0.05, 0) is 68.7 Å². The molecule has 0 aromatic heterocycles. The molecule has 0 aliphatic heterocycles. The van der Waals surface area contributed by atoms with E-state index in [-0.39, 0.29) is 24.5 Å². The molecule has 0 heterocycles. The molecule has 0 radical (unpaired) electrons. The van der Waals surface area contributed by atoms with E-state index in [1.54, 1.807) is 17.9 Å². The van der Waals surface area contributed by atoms with Crippen molar-refractivity contribution >= 4 is 11.8 Å². The molecule has 2 amide bonds. The number of hydrogen-bond acceptors (Lipinski definition) is 5. The van der Waals surface area contributed by atoms with Crippen LogP contribution in [-0.4, -0.2) is 71.5 Å². The van der Waals surface area contributed by atoms with E-state index in [9.17, 15) is 28.6 Å². The number of carbonyl (C=O) groups is 2. The summed E-state index contributed by atoms with van der Waals surface area (Å²) in [6, 6.07) is 1.91. The molecular formula is C33H48F2N2O5. The number of aliphatic hydroxyl groups is 2. The first kappa shape index (κ1) is 35.3. The lowest BCUT2D eigenvalue weighted by Gasteiger charge is -2.28. The molecule has 42 heavy (non-hydrogen) atoms. The molecule has 0 saturated heterocycles. The summed E-state index contributed by atoms with van der Waals surface area (Å²) >= 11 is 0. The predicted molar refractivity (Wildman–Crippen MR) is 161 cm³/mol. The number of carbonyl (C=O) groups excluding carboxylic acids is 2. The average molecular weight is 591 g/mol. The standard InChI is InChI=1S/C33H48F2N2O5/c1-5-14-37(15-6-2)33(41)24(4)16-23(3)12-13-31(39)36-29(19-26-17-27(34)20-28(35)18-26)32(40)30(38)22-42-21-25-10-8-7-9-11-25/h12-13,16-18,20,25,29-30,32,38,40H,4-11,14-15,19,21-22H2,1-3H3,(H,36,39)/b13-12+,23-16-/t29-,30+,32+/m0/s1. The number of hydrogen-bond donors (Lipinski definition) is 3. The van der Waals surface area contributed by atoms with Crippen molar-refractivity contribution in [3.05, 3.63) is 71.4 Å². The van der Waals surface area contributed by atoms with Gasteiger partial charge in [-0.1, -0.05) is 51.3 Å². The zero-order valence-corrected chi connectivity index (χ0v) is 25.3. The van der Waals surface area contributed by atoms with E-state index in [1.165, 1.54) is 18.6 Å². The van der Waals surface area contributed by atoms with Crippen LogP contribution < -0.4 is 5.32 Å². The molecule has 0 bridgehead atoms. The fourth-order valence-corrected chi connectivity index (χ4v) is 5.20. The highest BCUT2D eigenvalue weighted by molar-refractivity contribution is 5.96. The van der Waals surface area contributed by atoms with Crippen molar-refractivity contribution in [3.63, 3.8) is 0 Å². The Bertz CT molecular complexity index is 1060. The van der Waals surface area contributed by atoms with Crippen LogP contribution in [0.4, 0.5) is 8.78 Å². The number of amides is 2. The maximum Gasteiger partial charge on any atom is 0.253 e. The second-order valence-corrected chi connectivity index (χ2v) is 11.2. The number of aliphatic hydroxyl groups excluding tert-OH is 2. The van der Waals surface area contributed by atoms with Crippen LogP contribution >= 0.6 is 0 Å². The quantitative estimate of drug-likeness (QED) is 0.175. The van der Waals surface area contributed by atoms with Gasteiger partial charge in [0.15, 0.2) is 0 Å². The highest BCUT2D eigenvalue weighted by Crippen LogP contribution is 2.24. The summed E-state index contributed by atoms with van der Waals surface area (Å²) in [5, 5.41) is 24.2. The van der Waals surface area contributed by atoms with Crippen molar-refractivity contribution in [1.29, 1.82) is 0 Å². The molecule has 1 fully saturated rings. The summed E-state index contributed by atoms with van der Waals surface area (Å²) in [6.07, 6.45) is 8.75. The van der Waals surface area contributed by atoms with Gasteiger partial charge < -0.3 is 25.2 Å². The van der Waals surface area contributed by atoms with Crippen LogP contribution in [0, 0.1) is 17.6 Å². The molecule has 9 heteroatoms. The molecule has 0 unspecified atom stereocenters. The maximum absolute atomic E-state index is 13.8. The van der Waals surface area contributed by atoms with Crippen LogP contribution in [0.15, 0.2) is 54.2 Å². The molecule has 234 valence electrons. The van der Waals surface area contributed by atoms with Gasteiger partial charge in [-0.25, -0.2) is 8.78 Å². The second kappa shape index (κ2) is 18.6. The number of rotatable bonds is 17. The van der Waals surface area contributed by atoms with Crippen LogP contribution in [0.5, 0.6) is 0 Å². The Balaban J connectivity index is 2.07. The van der Waals surface area contributed by atoms with Gasteiger partial charge in [-0.3, -0.25) is 9.59 Å². The zero-order valence-electron chi connectivity index (χ0n) is 25.3. The Labute approximate surface area is 249 Å². The summed E-state index contributed by atoms with van der Waals surface area (Å²) < 4.78 is 33.4. The third-order valence-corrected chi connectivity index (χ3v) is 7.33. The lowest BCUT2D eigenvalue weighted by molar-refractivity contribution is -0.126. The van der Waals surface area contributed by atoms with Gasteiger partial charge >= 0.3 is 0 Å². The molecule has 2 rings (SSSR count). The maximum atomic E-state index is 13.8. The lowest BCUT2D eigenvalue weighted by atomic mass is 9.90. The summed E-state index contributed by atoms with van der Waals surface area (Å²) in [7, 11) is 0. The van der Waals surface area contributed by atoms with Gasteiger partial charge in [-0.15, -0.1) is 0 Å². The number of ether oxygens (including phenoxy) is 1. The number of allylic oxidation sites excluding steroid dienone is 2. The van der Waals surface area contributed by atoms with Gasteiger partial charge in [0.25, 0.3) is 5.91 Å². The molecule has 0 spiro atoms. The predicted octanol–water partition coefficient (Wildman–Crippen LogP) is 5.02. The third-order valence-electron chi connectivity index (χ3n) is 7.33. The summed E-state index contributed by atoms with van der Waals surface area (Å²) in [5.74, 6) is -1.90. The minimum Gasteiger partial charge on any atom is -0.388 e. The SMILES string of the molecule is C=C(/C=C(C)\C=C\C(=O)N[C@@H](Cc1cc(F)cc(F)c1)[C@@H](O)[C@H](O)COCC1CCCCC1)C(=O)N(CCC)CCC. The summed E-state index contributed by atoms with van der Waals surface area (Å²) in [6.45, 7) is 11.2. The van der Waals surface area contributed by atoms with Crippen molar-refractivity contribution in [3.8, 4) is 0 Å². The number of halogens is 2. The molecule has 1 aliphatic carbocycles. The molecule has 1 saturated carbocycles. The summed E-state index contributed by atoms with van der Waals surface area (Å²) in [4.78, 5) is 27.3. The van der Waals surface area contributed by atoms with Crippen molar-refractivity contribution in [2.45, 2.75) is 90.4 Å². The van der Waals surface area contributed by atoms with E-state index in [0.717, 1.165) is 56.7 Å². The molecule has 3 atom stereocenters. The van der Waals surface area contributed by atoms with Crippen molar-refractivity contribution in [2.75, 3.05) is 26.3 Å². The average Bonchev–Trinajstić information content (AvgIpc) is 2.94. The largest absolute Gasteiger partial charge is 0.388 e. The zero-order chi connectivity index (χ0) is 31.1. The molecule has 3 N–H and O–H groups in total. The molecule has 1 aromatic rings. The van der Waals surface area contributed by atoms with Gasteiger partial charge in [0, 0.05) is 37.4 Å². The summed E-state index contributed by atoms with van der Waals surface area (Å²) in [5.41, 5.74) is 1.12. The van der Waals surface area contributed by atoms with Gasteiger partial charge in [-0.2, -0.15) is 0 Å². The third kappa shape index (κ3) is 12.5. The number of benzene rings is 1. The normalized spacial score (nSPS) is 16.7. The lowest BCUT2D eigenvalue weighted by Crippen LogP contribution is -2.50. The Morgan fingerprint density at radius 2 is 1.69 bits per heavy atom. The Morgan fingerprint density at radius 1 is 1.07 bits per heavy atom. The smallest absolute Gasteiger partial charge is 0.253 e. The van der Waals surface area contributed by atoms with E-state index >= 15 is 0 Å². The van der Waals surface area contributed by atoms with Crippen LogP contribution in [-0.2, 0) is 20.7 Å². The Hall–Kier alpha value is -2.88. The van der Waals surface area contributed by atoms with E-state index < -0.39 is 35.8 Å². The first-order chi connectivity index (χ1) is 20.0. The Kier molecular flexibility index (Phi) is 15.7. The van der Waals surface area contributed by atoms with Crippen LogP contribution in [0.2, 0.25) is 0 Å². The second-order valence-electron chi connectivity index (χ2n) is 11.2. The number of nitrogens with zero attached hydrogens (tertiary/aromatic N) is 1. The van der Waals surface area contributed by atoms with Gasteiger partial charge in [0.05, 0.1) is 12.6 Å². The molecule has 7 nitrogen and oxygen atoms in total. The van der Waals surface area contributed by atoms with E-state index in [4.69, 9.17) is 4.74 Å². The monoisotopic (exact) mass is 590 g/mol. The highest BCUT2D eigenvalue weighted by Gasteiger charge is 2.28. The van der Waals surface area contributed by atoms with Crippen LogP contribution in [0.3, 0.4) is 0 Å². The van der Waals surface area contributed by atoms with Crippen molar-refractivity contribution in [2.24, 2.45) is 5.92 Å². The molecule has 1 aliphatic rings. The van der Waals surface area contributed by atoms with Crippen molar-refractivity contribution in [1.82, 2.24) is 10.2 Å². The highest BCUT2D eigenvalue weighted by atomic mass is 19.1. The van der Waals surface area contributed by atoms with Crippen LogP contribution in [0.25, 0.3) is 0 Å². The van der Waals surface area contributed by atoms with E-state index in [0.29, 0.717) is 36.8 Å². The minimum absolute atomic E-state index is 0.125. The first-order valence-corrected chi connectivity index (χ1v) is 15.1. The van der Waals surface area contributed by atoms with E-state index in [2.05, 4.69) is 11.9 Å². The fourth-order valence-electron chi connectivity index (χ4n) is 5.20. The molecular weight excluding hydrogens is 542 g/mol. The van der Waals surface area contributed by atoms with E-state index in [1.807, 2.05) is 13.8 Å². The van der Waals surface area contributed by atoms with Gasteiger partial charge in [0.2, 0.25) is 5.91 Å². The first-order valence-electron chi connectivity index (χ1n) is 15.1. The number of nitrogens with one attached hydrogen (secondary N) is 1. The minimum atomic E-state index is -1.46. The van der Waals surface area contributed by atoms with Gasteiger partial charge in [0.1, 0.15) is 23.8 Å². The molecule has 1 aromatic carbocycles. The van der Waals surface area contributed by atoms with Crippen molar-refractivity contribution < 1.29 is 33.3 Å². The Morgan fingerprint density at radius 3 is 2.29 bits per heavy atom. The topological polar surface area (TPSA) is 99.1 Å².